The molecule has 0 aromatic heterocycles. The lowest BCUT2D eigenvalue weighted by atomic mass is 9.91. The van der Waals surface area contributed by atoms with Crippen molar-refractivity contribution in [2.75, 3.05) is 13.1 Å². The lowest BCUT2D eigenvalue weighted by Crippen LogP contribution is -2.48. The molecule has 5 heteroatoms. The lowest BCUT2D eigenvalue weighted by Gasteiger charge is -2.31. The number of carbonyl (C=O) groups excluding carboxylic acids is 1. The molecule has 1 aliphatic carbocycles. The lowest BCUT2D eigenvalue weighted by molar-refractivity contribution is 0.0105. The summed E-state index contributed by atoms with van der Waals surface area (Å²) in [5.41, 5.74) is -1.17. The molecule has 0 radical (unpaired) electrons. The van der Waals surface area contributed by atoms with Gasteiger partial charge in [0.15, 0.2) is 0 Å². The molecule has 1 amide bonds. The standard InChI is InChI=1S/C17H34N2O3/c1-12(2)17(6,21)11-19-14-9-7-8-13(14)10-18-15(20)22-16(3,4)5/h12-14,19,21H,7-11H2,1-6H3,(H,18,20). The number of alkyl carbamates (subject to hydrolysis) is 1. The Bertz CT molecular complexity index is 361. The first-order valence-corrected chi connectivity index (χ1v) is 8.44. The van der Waals surface area contributed by atoms with E-state index in [1.165, 1.54) is 0 Å². The monoisotopic (exact) mass is 314 g/mol. The molecule has 0 aromatic carbocycles. The van der Waals surface area contributed by atoms with E-state index in [-0.39, 0.29) is 12.0 Å². The normalized spacial score (nSPS) is 25.1. The fraction of sp³-hybridized carbons (Fsp3) is 0.941. The average Bonchev–Trinajstić information content (AvgIpc) is 2.79. The number of carbonyl (C=O) groups is 1. The zero-order valence-corrected chi connectivity index (χ0v) is 15.0. The zero-order valence-electron chi connectivity index (χ0n) is 15.0. The van der Waals surface area contributed by atoms with Gasteiger partial charge in [-0.25, -0.2) is 4.79 Å². The van der Waals surface area contributed by atoms with Crippen LogP contribution in [0.15, 0.2) is 0 Å². The summed E-state index contributed by atoms with van der Waals surface area (Å²) in [7, 11) is 0. The molecule has 3 atom stereocenters. The van der Waals surface area contributed by atoms with Gasteiger partial charge in [0, 0.05) is 19.1 Å². The molecule has 1 rings (SSSR count). The SMILES string of the molecule is CC(C)C(C)(O)CNC1CCCC1CNC(=O)OC(C)(C)C. The number of hydrogen-bond donors (Lipinski definition) is 3. The quantitative estimate of drug-likeness (QED) is 0.705. The number of hydrogen-bond acceptors (Lipinski definition) is 4. The summed E-state index contributed by atoms with van der Waals surface area (Å²) in [5, 5.41) is 16.7. The second kappa shape index (κ2) is 7.64. The van der Waals surface area contributed by atoms with Gasteiger partial charge in [-0.05, 0) is 52.4 Å². The van der Waals surface area contributed by atoms with Crippen molar-refractivity contribution in [1.82, 2.24) is 10.6 Å². The van der Waals surface area contributed by atoms with Crippen LogP contribution >= 0.6 is 0 Å². The molecule has 0 aromatic rings. The van der Waals surface area contributed by atoms with Crippen LogP contribution in [0.5, 0.6) is 0 Å². The predicted octanol–water partition coefficient (Wildman–Crippen LogP) is 2.68. The summed E-state index contributed by atoms with van der Waals surface area (Å²) >= 11 is 0. The van der Waals surface area contributed by atoms with E-state index in [9.17, 15) is 9.90 Å². The third-order valence-electron chi connectivity index (χ3n) is 4.53. The van der Waals surface area contributed by atoms with Crippen molar-refractivity contribution >= 4 is 6.09 Å². The molecule has 130 valence electrons. The molecule has 1 aliphatic rings. The van der Waals surface area contributed by atoms with Crippen LogP contribution < -0.4 is 10.6 Å². The Kier molecular flexibility index (Phi) is 6.68. The van der Waals surface area contributed by atoms with Crippen LogP contribution in [0.1, 0.15) is 60.8 Å². The van der Waals surface area contributed by atoms with E-state index in [4.69, 9.17) is 4.74 Å². The Hall–Kier alpha value is -0.810. The molecule has 0 aliphatic heterocycles. The van der Waals surface area contributed by atoms with E-state index in [1.807, 2.05) is 41.5 Å². The van der Waals surface area contributed by atoms with E-state index in [1.54, 1.807) is 0 Å². The number of aliphatic hydroxyl groups is 1. The molecule has 0 bridgehead atoms. The third-order valence-corrected chi connectivity index (χ3v) is 4.53. The zero-order chi connectivity index (χ0) is 17.0. The summed E-state index contributed by atoms with van der Waals surface area (Å²) in [5.74, 6) is 0.607. The van der Waals surface area contributed by atoms with Crippen LogP contribution in [-0.2, 0) is 4.74 Å². The van der Waals surface area contributed by atoms with Crippen molar-refractivity contribution < 1.29 is 14.6 Å². The number of ether oxygens (including phenoxy) is 1. The Morgan fingerprint density at radius 1 is 1.27 bits per heavy atom. The minimum absolute atomic E-state index is 0.208. The summed E-state index contributed by atoms with van der Waals surface area (Å²) in [4.78, 5) is 11.7. The van der Waals surface area contributed by atoms with E-state index < -0.39 is 11.2 Å². The van der Waals surface area contributed by atoms with Crippen LogP contribution in [-0.4, -0.2) is 41.5 Å². The topological polar surface area (TPSA) is 70.6 Å². The van der Waals surface area contributed by atoms with Crippen LogP contribution in [0.2, 0.25) is 0 Å². The molecule has 0 heterocycles. The van der Waals surface area contributed by atoms with E-state index >= 15 is 0 Å². The van der Waals surface area contributed by atoms with Gasteiger partial charge in [-0.15, -0.1) is 0 Å². The summed E-state index contributed by atoms with van der Waals surface area (Å²) in [6, 6.07) is 0.347. The smallest absolute Gasteiger partial charge is 0.407 e. The minimum atomic E-state index is -0.703. The summed E-state index contributed by atoms with van der Waals surface area (Å²) in [6.07, 6.45) is 2.99. The molecular weight excluding hydrogens is 280 g/mol. The van der Waals surface area contributed by atoms with Crippen molar-refractivity contribution in [3.8, 4) is 0 Å². The fourth-order valence-electron chi connectivity index (χ4n) is 2.62. The largest absolute Gasteiger partial charge is 0.444 e. The summed E-state index contributed by atoms with van der Waals surface area (Å²) < 4.78 is 5.27. The van der Waals surface area contributed by atoms with Gasteiger partial charge in [0.05, 0.1) is 5.60 Å². The van der Waals surface area contributed by atoms with Crippen LogP contribution in [0.25, 0.3) is 0 Å². The van der Waals surface area contributed by atoms with Gasteiger partial charge < -0.3 is 20.5 Å². The maximum Gasteiger partial charge on any atom is 0.407 e. The molecule has 1 saturated carbocycles. The minimum Gasteiger partial charge on any atom is -0.444 e. The Balaban J connectivity index is 2.39. The molecule has 22 heavy (non-hydrogen) atoms. The third kappa shape index (κ3) is 6.53. The molecule has 0 saturated heterocycles. The maximum atomic E-state index is 11.7. The van der Waals surface area contributed by atoms with Gasteiger partial charge in [0.1, 0.15) is 5.60 Å². The van der Waals surface area contributed by atoms with Gasteiger partial charge >= 0.3 is 6.09 Å². The highest BCUT2D eigenvalue weighted by Crippen LogP contribution is 2.26. The molecular formula is C17H34N2O3. The number of nitrogens with one attached hydrogen (secondary N) is 2. The van der Waals surface area contributed by atoms with Crippen molar-refractivity contribution in [3.63, 3.8) is 0 Å². The Labute approximate surface area is 135 Å². The highest BCUT2D eigenvalue weighted by molar-refractivity contribution is 5.67. The first-order valence-electron chi connectivity index (χ1n) is 8.44. The van der Waals surface area contributed by atoms with Crippen molar-refractivity contribution in [3.05, 3.63) is 0 Å². The van der Waals surface area contributed by atoms with Crippen LogP contribution in [0.3, 0.4) is 0 Å². The number of amides is 1. The van der Waals surface area contributed by atoms with Crippen molar-refractivity contribution in [2.45, 2.75) is 78.0 Å². The van der Waals surface area contributed by atoms with Crippen LogP contribution in [0.4, 0.5) is 4.79 Å². The first kappa shape index (κ1) is 19.2. The van der Waals surface area contributed by atoms with E-state index in [0.29, 0.717) is 25.0 Å². The number of rotatable bonds is 6. The van der Waals surface area contributed by atoms with Gasteiger partial charge in [0.2, 0.25) is 0 Å². The molecule has 1 fully saturated rings. The van der Waals surface area contributed by atoms with Gasteiger partial charge in [0.25, 0.3) is 0 Å². The van der Waals surface area contributed by atoms with E-state index in [2.05, 4.69) is 10.6 Å². The first-order chi connectivity index (χ1) is 10.0. The Morgan fingerprint density at radius 2 is 1.91 bits per heavy atom. The second-order valence-corrected chi connectivity index (χ2v) is 8.07. The fourth-order valence-corrected chi connectivity index (χ4v) is 2.62. The average molecular weight is 314 g/mol. The van der Waals surface area contributed by atoms with Gasteiger partial charge in [-0.2, -0.15) is 0 Å². The summed E-state index contributed by atoms with van der Waals surface area (Å²) in [6.45, 7) is 12.7. The highest BCUT2D eigenvalue weighted by Gasteiger charge is 2.31. The van der Waals surface area contributed by atoms with Crippen molar-refractivity contribution in [2.24, 2.45) is 11.8 Å². The van der Waals surface area contributed by atoms with Gasteiger partial charge in [-0.3, -0.25) is 0 Å². The van der Waals surface area contributed by atoms with E-state index in [0.717, 1.165) is 19.3 Å². The maximum absolute atomic E-state index is 11.7. The molecule has 5 nitrogen and oxygen atoms in total. The Morgan fingerprint density at radius 3 is 2.45 bits per heavy atom. The van der Waals surface area contributed by atoms with Crippen LogP contribution in [0, 0.1) is 11.8 Å². The van der Waals surface area contributed by atoms with Crippen molar-refractivity contribution in [1.29, 1.82) is 0 Å². The molecule has 3 unspecified atom stereocenters. The molecule has 3 N–H and O–H groups in total. The second-order valence-electron chi connectivity index (χ2n) is 8.07. The van der Waals surface area contributed by atoms with Gasteiger partial charge in [-0.1, -0.05) is 20.3 Å². The predicted molar refractivity (Wildman–Crippen MR) is 88.8 cm³/mol. The molecule has 0 spiro atoms. The highest BCUT2D eigenvalue weighted by atomic mass is 16.6.